The van der Waals surface area contributed by atoms with Crippen molar-refractivity contribution >= 4 is 34.9 Å². The molecule has 1 aliphatic carbocycles. The highest BCUT2D eigenvalue weighted by molar-refractivity contribution is 6.30. The molecule has 7 nitrogen and oxygen atoms in total. The summed E-state index contributed by atoms with van der Waals surface area (Å²) in [5.74, 6) is 2.39. The van der Waals surface area contributed by atoms with Crippen molar-refractivity contribution in [3.8, 4) is 17.2 Å². The van der Waals surface area contributed by atoms with Crippen molar-refractivity contribution < 1.29 is 19.1 Å². The van der Waals surface area contributed by atoms with Gasteiger partial charge in [-0.3, -0.25) is 4.79 Å². The largest absolute Gasteiger partial charge is 0.487 e. The van der Waals surface area contributed by atoms with Crippen LogP contribution in [0.4, 0.5) is 16.2 Å². The minimum absolute atomic E-state index is 0.0395. The summed E-state index contributed by atoms with van der Waals surface area (Å²) in [4.78, 5) is 24.6. The monoisotopic (exact) mass is 503 g/mol. The summed E-state index contributed by atoms with van der Waals surface area (Å²) in [6.45, 7) is 3.97. The molecule has 8 heteroatoms. The van der Waals surface area contributed by atoms with Gasteiger partial charge in [0.25, 0.3) is 0 Å². The zero-order valence-electron chi connectivity index (χ0n) is 20.0. The number of halogens is 1. The van der Waals surface area contributed by atoms with Crippen LogP contribution in [0.1, 0.15) is 41.5 Å². The lowest BCUT2D eigenvalue weighted by Crippen LogP contribution is -2.34. The Morgan fingerprint density at radius 1 is 1.17 bits per heavy atom. The molecule has 36 heavy (non-hydrogen) atoms. The van der Waals surface area contributed by atoms with Gasteiger partial charge in [0.2, 0.25) is 5.91 Å². The third kappa shape index (κ3) is 4.03. The van der Waals surface area contributed by atoms with Gasteiger partial charge in [-0.25, -0.2) is 4.79 Å². The van der Waals surface area contributed by atoms with E-state index in [0.717, 1.165) is 45.9 Å². The summed E-state index contributed by atoms with van der Waals surface area (Å²) in [6.07, 6.45) is 1.85. The average Bonchev–Trinajstić information content (AvgIpc) is 3.36. The first kappa shape index (κ1) is 22.7. The summed E-state index contributed by atoms with van der Waals surface area (Å²) in [5, 5.41) is 9.56. The number of aryl methyl sites for hydroxylation is 2. The molecule has 0 unspecified atom stereocenters. The quantitative estimate of drug-likeness (QED) is 0.402. The molecule has 3 aromatic rings. The minimum Gasteiger partial charge on any atom is -0.487 e. The van der Waals surface area contributed by atoms with Crippen molar-refractivity contribution in [2.45, 2.75) is 51.2 Å². The normalized spacial score (nSPS) is 20.9. The Labute approximate surface area is 214 Å². The van der Waals surface area contributed by atoms with E-state index in [4.69, 9.17) is 21.1 Å². The maximum Gasteiger partial charge on any atom is 0.319 e. The van der Waals surface area contributed by atoms with E-state index < -0.39 is 0 Å². The predicted molar refractivity (Wildman–Crippen MR) is 139 cm³/mol. The van der Waals surface area contributed by atoms with Gasteiger partial charge >= 0.3 is 6.03 Å². The summed E-state index contributed by atoms with van der Waals surface area (Å²) in [6, 6.07) is 14.8. The van der Waals surface area contributed by atoms with Crippen LogP contribution in [0.5, 0.6) is 17.2 Å². The van der Waals surface area contributed by atoms with Crippen molar-refractivity contribution in [2.75, 3.05) is 10.6 Å². The van der Waals surface area contributed by atoms with E-state index in [1.54, 1.807) is 12.1 Å². The van der Waals surface area contributed by atoms with Gasteiger partial charge in [-0.05, 0) is 73.4 Å². The zero-order chi connectivity index (χ0) is 25.0. The lowest BCUT2D eigenvalue weighted by Gasteiger charge is -2.23. The molecule has 6 rings (SSSR count). The number of nitrogens with one attached hydrogen (secondary N) is 3. The van der Waals surface area contributed by atoms with Gasteiger partial charge in [0, 0.05) is 28.3 Å². The Balaban J connectivity index is 1.16. The average molecular weight is 504 g/mol. The van der Waals surface area contributed by atoms with Gasteiger partial charge < -0.3 is 25.4 Å². The molecule has 3 atom stereocenters. The number of fused-ring (bicyclic) bond motifs is 4. The van der Waals surface area contributed by atoms with Gasteiger partial charge in [-0.15, -0.1) is 0 Å². The lowest BCUT2D eigenvalue weighted by molar-refractivity contribution is -0.116. The Morgan fingerprint density at radius 3 is 2.83 bits per heavy atom. The second kappa shape index (κ2) is 8.75. The molecule has 184 valence electrons. The number of hydrogen-bond acceptors (Lipinski definition) is 4. The summed E-state index contributed by atoms with van der Waals surface area (Å²) >= 11 is 6.01. The molecule has 0 aromatic heterocycles. The predicted octanol–water partition coefficient (Wildman–Crippen LogP) is 5.94. The van der Waals surface area contributed by atoms with E-state index in [-0.39, 0.29) is 30.0 Å². The molecule has 0 spiro atoms. The van der Waals surface area contributed by atoms with Crippen LogP contribution in [-0.4, -0.2) is 24.1 Å². The van der Waals surface area contributed by atoms with Crippen LogP contribution in [-0.2, 0) is 17.6 Å². The molecule has 3 aliphatic rings. The molecule has 1 saturated carbocycles. The van der Waals surface area contributed by atoms with E-state index in [2.05, 4.69) is 22.9 Å². The smallest absolute Gasteiger partial charge is 0.319 e. The number of anilines is 2. The summed E-state index contributed by atoms with van der Waals surface area (Å²) in [7, 11) is 0. The first-order valence-electron chi connectivity index (χ1n) is 12.2. The number of ether oxygens (including phenoxy) is 2. The molecule has 2 aliphatic heterocycles. The minimum atomic E-state index is -0.276. The van der Waals surface area contributed by atoms with Crippen molar-refractivity contribution in [2.24, 2.45) is 0 Å². The number of carbonyl (C=O) groups is 2. The Hall–Kier alpha value is -3.71. The maximum absolute atomic E-state index is 12.6. The van der Waals surface area contributed by atoms with Crippen molar-refractivity contribution in [3.05, 3.63) is 75.8 Å². The topological polar surface area (TPSA) is 88.7 Å². The van der Waals surface area contributed by atoms with Gasteiger partial charge in [0.15, 0.2) is 0 Å². The highest BCUT2D eigenvalue weighted by Gasteiger charge is 2.59. The van der Waals surface area contributed by atoms with Crippen LogP contribution in [0, 0.1) is 6.92 Å². The van der Waals surface area contributed by atoms with Gasteiger partial charge in [-0.1, -0.05) is 24.6 Å². The van der Waals surface area contributed by atoms with Crippen molar-refractivity contribution in [1.29, 1.82) is 0 Å². The number of amides is 3. The molecular weight excluding hydrogens is 478 g/mol. The Morgan fingerprint density at radius 2 is 2.03 bits per heavy atom. The first-order chi connectivity index (χ1) is 17.4. The van der Waals surface area contributed by atoms with Crippen LogP contribution in [0.25, 0.3) is 0 Å². The number of benzene rings is 3. The van der Waals surface area contributed by atoms with Crippen LogP contribution in [0.15, 0.2) is 48.5 Å². The van der Waals surface area contributed by atoms with Gasteiger partial charge in [-0.2, -0.15) is 0 Å². The number of urea groups is 1. The first-order valence-corrected chi connectivity index (χ1v) is 12.6. The van der Waals surface area contributed by atoms with Crippen molar-refractivity contribution in [3.63, 3.8) is 0 Å². The van der Waals surface area contributed by atoms with E-state index in [1.807, 2.05) is 43.3 Å². The van der Waals surface area contributed by atoms with Crippen LogP contribution < -0.4 is 25.4 Å². The fourth-order valence-corrected chi connectivity index (χ4v) is 5.42. The Kier molecular flexibility index (Phi) is 5.52. The van der Waals surface area contributed by atoms with Gasteiger partial charge in [0.05, 0.1) is 17.6 Å². The number of carbonyl (C=O) groups excluding carboxylic acids is 2. The second-order valence-electron chi connectivity index (χ2n) is 9.47. The number of hydrogen-bond donors (Lipinski definition) is 3. The molecule has 0 bridgehead atoms. The van der Waals surface area contributed by atoms with Crippen LogP contribution >= 0.6 is 11.6 Å². The molecule has 0 radical (unpaired) electrons. The second-order valence-corrected chi connectivity index (χ2v) is 9.91. The molecule has 3 amide bonds. The highest BCUT2D eigenvalue weighted by atomic mass is 35.5. The molecule has 1 fully saturated rings. The van der Waals surface area contributed by atoms with Crippen LogP contribution in [0.2, 0.25) is 5.02 Å². The van der Waals surface area contributed by atoms with E-state index in [0.29, 0.717) is 29.3 Å². The fraction of sp³-hybridized carbons (Fsp3) is 0.286. The van der Waals surface area contributed by atoms with E-state index in [1.165, 1.54) is 0 Å². The van der Waals surface area contributed by atoms with E-state index >= 15 is 0 Å². The fourth-order valence-electron chi connectivity index (χ4n) is 5.19. The molecular formula is C28H26ClN3O4. The molecule has 2 heterocycles. The number of rotatable bonds is 5. The standard InChI is InChI=1S/C28H26ClN3O4/c1-3-15-4-9-21(18-7-11-23(33)31-25(15)18)35-17-6-10-22-19(13-17)24-26(27(24)36-22)32-28(34)30-20-8-5-16(29)12-14(20)2/h4-6,8-10,12-13,24,26-27H,3,7,11H2,1-2H3,(H,31,33)(H2,30,32,34)/t24-,26+,27-/m0/s1. The third-order valence-corrected chi connectivity index (χ3v) is 7.36. The maximum atomic E-state index is 12.6. The third-order valence-electron chi connectivity index (χ3n) is 7.12. The van der Waals surface area contributed by atoms with E-state index in [9.17, 15) is 9.59 Å². The van der Waals surface area contributed by atoms with Crippen molar-refractivity contribution in [1.82, 2.24) is 5.32 Å². The molecule has 0 saturated heterocycles. The summed E-state index contributed by atoms with van der Waals surface area (Å²) < 4.78 is 12.4. The Bertz CT molecular complexity index is 1410. The molecule has 3 aromatic carbocycles. The van der Waals surface area contributed by atoms with Crippen LogP contribution in [0.3, 0.4) is 0 Å². The molecule has 3 N–H and O–H groups in total. The lowest BCUT2D eigenvalue weighted by atomic mass is 9.96. The zero-order valence-corrected chi connectivity index (χ0v) is 20.7. The highest BCUT2D eigenvalue weighted by Crippen LogP contribution is 2.54. The SMILES string of the molecule is CCc1ccc(Oc2ccc3c(c2)[C@H]2[C@@H](NC(=O)Nc4ccc(Cl)cc4C)[C@H]2O3)c2c1NC(=O)CC2. The summed E-state index contributed by atoms with van der Waals surface area (Å²) in [5.41, 5.74) is 5.65. The van der Waals surface area contributed by atoms with Gasteiger partial charge in [0.1, 0.15) is 23.4 Å².